The van der Waals surface area contributed by atoms with E-state index in [0.717, 1.165) is 5.75 Å². The lowest BCUT2D eigenvalue weighted by molar-refractivity contribution is 0.301. The molecule has 0 aliphatic heterocycles. The van der Waals surface area contributed by atoms with Gasteiger partial charge in [-0.15, -0.1) is 0 Å². The van der Waals surface area contributed by atoms with E-state index in [4.69, 9.17) is 27.9 Å². The average molecular weight is 296 g/mol. The zero-order chi connectivity index (χ0) is 13.8. The summed E-state index contributed by atoms with van der Waals surface area (Å²) < 4.78 is 5.71. The zero-order valence-corrected chi connectivity index (χ0v) is 12.4. The van der Waals surface area contributed by atoms with Gasteiger partial charge in [-0.25, -0.2) is 4.98 Å². The van der Waals surface area contributed by atoms with Crippen molar-refractivity contribution in [3.63, 3.8) is 0 Å². The summed E-state index contributed by atoms with van der Waals surface area (Å²) >= 11 is 11.9. The third kappa shape index (κ3) is 3.85. The van der Waals surface area contributed by atoms with Crippen LogP contribution in [0.3, 0.4) is 0 Å². The van der Waals surface area contributed by atoms with E-state index in [0.29, 0.717) is 28.4 Å². The first-order valence-electron chi connectivity index (χ1n) is 6.10. The SMILES string of the molecule is CC(C)c1cccc(OCc2nc(Cl)ccc2Cl)c1. The van der Waals surface area contributed by atoms with E-state index in [2.05, 4.69) is 24.9 Å². The molecule has 1 aromatic carbocycles. The van der Waals surface area contributed by atoms with E-state index in [9.17, 15) is 0 Å². The molecular weight excluding hydrogens is 281 g/mol. The Morgan fingerprint density at radius 3 is 2.68 bits per heavy atom. The minimum absolute atomic E-state index is 0.306. The molecule has 0 radical (unpaired) electrons. The number of hydrogen-bond donors (Lipinski definition) is 0. The minimum Gasteiger partial charge on any atom is -0.487 e. The highest BCUT2D eigenvalue weighted by molar-refractivity contribution is 6.32. The number of hydrogen-bond acceptors (Lipinski definition) is 2. The Balaban J connectivity index is 2.10. The molecule has 0 amide bonds. The summed E-state index contributed by atoms with van der Waals surface area (Å²) in [4.78, 5) is 4.15. The topological polar surface area (TPSA) is 22.1 Å². The molecule has 19 heavy (non-hydrogen) atoms. The molecule has 0 aliphatic rings. The van der Waals surface area contributed by atoms with Crippen LogP contribution in [0.5, 0.6) is 5.75 Å². The van der Waals surface area contributed by atoms with Gasteiger partial charge in [-0.3, -0.25) is 0 Å². The van der Waals surface area contributed by atoms with Crippen molar-refractivity contribution in [3.05, 3.63) is 57.8 Å². The molecule has 0 bridgehead atoms. The Morgan fingerprint density at radius 2 is 1.95 bits per heavy atom. The van der Waals surface area contributed by atoms with E-state index in [1.54, 1.807) is 12.1 Å². The molecule has 2 nitrogen and oxygen atoms in total. The Labute approximate surface area is 123 Å². The second kappa shape index (κ2) is 6.27. The third-order valence-electron chi connectivity index (χ3n) is 2.78. The smallest absolute Gasteiger partial charge is 0.132 e. The molecule has 0 fully saturated rings. The van der Waals surface area contributed by atoms with Gasteiger partial charge >= 0.3 is 0 Å². The van der Waals surface area contributed by atoms with Gasteiger partial charge in [0.05, 0.1) is 10.7 Å². The van der Waals surface area contributed by atoms with Crippen LogP contribution in [0.4, 0.5) is 0 Å². The van der Waals surface area contributed by atoms with Crippen LogP contribution >= 0.6 is 23.2 Å². The van der Waals surface area contributed by atoms with Crippen molar-refractivity contribution in [1.29, 1.82) is 0 Å². The van der Waals surface area contributed by atoms with Crippen LogP contribution < -0.4 is 4.74 Å². The van der Waals surface area contributed by atoms with Crippen LogP contribution in [0.25, 0.3) is 0 Å². The predicted molar refractivity (Wildman–Crippen MR) is 79.1 cm³/mol. The summed E-state index contributed by atoms with van der Waals surface area (Å²) in [6.07, 6.45) is 0. The van der Waals surface area contributed by atoms with Crippen molar-refractivity contribution in [3.8, 4) is 5.75 Å². The molecule has 0 saturated carbocycles. The van der Waals surface area contributed by atoms with Gasteiger partial charge in [-0.05, 0) is 35.7 Å². The first kappa shape index (κ1) is 14.2. The van der Waals surface area contributed by atoms with Crippen LogP contribution in [-0.2, 0) is 6.61 Å². The summed E-state index contributed by atoms with van der Waals surface area (Å²) in [5.74, 6) is 1.28. The number of halogens is 2. The molecule has 0 spiro atoms. The summed E-state index contributed by atoms with van der Waals surface area (Å²) in [6, 6.07) is 11.4. The number of benzene rings is 1. The molecule has 1 aromatic heterocycles. The fourth-order valence-corrected chi connectivity index (χ4v) is 2.00. The second-order valence-electron chi connectivity index (χ2n) is 4.58. The van der Waals surface area contributed by atoms with E-state index in [-0.39, 0.29) is 0 Å². The van der Waals surface area contributed by atoms with Crippen LogP contribution in [0.2, 0.25) is 10.2 Å². The van der Waals surface area contributed by atoms with Gasteiger partial charge in [-0.2, -0.15) is 0 Å². The van der Waals surface area contributed by atoms with Gasteiger partial charge in [0.2, 0.25) is 0 Å². The number of rotatable bonds is 4. The van der Waals surface area contributed by atoms with Crippen LogP contribution in [0, 0.1) is 0 Å². The maximum absolute atomic E-state index is 6.04. The number of aromatic nitrogens is 1. The Hall–Kier alpha value is -1.25. The lowest BCUT2D eigenvalue weighted by atomic mass is 10.0. The molecule has 0 N–H and O–H groups in total. The van der Waals surface area contributed by atoms with Crippen LogP contribution in [0.15, 0.2) is 36.4 Å². The predicted octanol–water partition coefficient (Wildman–Crippen LogP) is 5.09. The van der Waals surface area contributed by atoms with Gasteiger partial charge in [0, 0.05) is 0 Å². The van der Waals surface area contributed by atoms with Crippen LogP contribution in [0.1, 0.15) is 31.0 Å². The fourth-order valence-electron chi connectivity index (χ4n) is 1.67. The molecule has 100 valence electrons. The average Bonchev–Trinajstić information content (AvgIpc) is 2.40. The van der Waals surface area contributed by atoms with Gasteiger partial charge in [-0.1, -0.05) is 49.2 Å². The summed E-state index contributed by atoms with van der Waals surface area (Å²) in [6.45, 7) is 4.60. The zero-order valence-electron chi connectivity index (χ0n) is 10.9. The van der Waals surface area contributed by atoms with E-state index >= 15 is 0 Å². The largest absolute Gasteiger partial charge is 0.487 e. The highest BCUT2D eigenvalue weighted by Gasteiger charge is 2.05. The van der Waals surface area contributed by atoms with Gasteiger partial charge < -0.3 is 4.74 Å². The molecule has 4 heteroatoms. The first-order valence-corrected chi connectivity index (χ1v) is 6.85. The monoisotopic (exact) mass is 295 g/mol. The van der Waals surface area contributed by atoms with E-state index in [1.807, 2.05) is 18.2 Å². The highest BCUT2D eigenvalue weighted by atomic mass is 35.5. The van der Waals surface area contributed by atoms with Crippen molar-refractivity contribution in [2.24, 2.45) is 0 Å². The number of nitrogens with zero attached hydrogens (tertiary/aromatic N) is 1. The number of pyridine rings is 1. The van der Waals surface area contributed by atoms with Crippen molar-refractivity contribution >= 4 is 23.2 Å². The van der Waals surface area contributed by atoms with Gasteiger partial charge in [0.1, 0.15) is 17.5 Å². The lowest BCUT2D eigenvalue weighted by Crippen LogP contribution is -2.00. The maximum atomic E-state index is 6.04. The van der Waals surface area contributed by atoms with Gasteiger partial charge in [0.25, 0.3) is 0 Å². The fraction of sp³-hybridized carbons (Fsp3) is 0.267. The molecule has 2 aromatic rings. The van der Waals surface area contributed by atoms with Crippen molar-refractivity contribution in [1.82, 2.24) is 4.98 Å². The molecule has 1 heterocycles. The molecule has 0 atom stereocenters. The van der Waals surface area contributed by atoms with Crippen molar-refractivity contribution < 1.29 is 4.74 Å². The van der Waals surface area contributed by atoms with Crippen molar-refractivity contribution in [2.75, 3.05) is 0 Å². The highest BCUT2D eigenvalue weighted by Crippen LogP contribution is 2.22. The first-order chi connectivity index (χ1) is 9.06. The Morgan fingerprint density at radius 1 is 1.16 bits per heavy atom. The molecule has 0 aliphatic carbocycles. The summed E-state index contributed by atoms with van der Waals surface area (Å²) in [5.41, 5.74) is 1.88. The van der Waals surface area contributed by atoms with Gasteiger partial charge in [0.15, 0.2) is 0 Å². The Bertz CT molecular complexity index is 570. The third-order valence-corrected chi connectivity index (χ3v) is 3.34. The second-order valence-corrected chi connectivity index (χ2v) is 5.37. The minimum atomic E-state index is 0.306. The quantitative estimate of drug-likeness (QED) is 0.733. The van der Waals surface area contributed by atoms with E-state index in [1.165, 1.54) is 5.56 Å². The Kier molecular flexibility index (Phi) is 4.67. The normalized spacial score (nSPS) is 10.8. The van der Waals surface area contributed by atoms with E-state index < -0.39 is 0 Å². The molecule has 2 rings (SSSR count). The maximum Gasteiger partial charge on any atom is 0.132 e. The lowest BCUT2D eigenvalue weighted by Gasteiger charge is -2.10. The molecular formula is C15H15Cl2NO. The standard InChI is InChI=1S/C15H15Cl2NO/c1-10(2)11-4-3-5-12(8-11)19-9-14-13(16)6-7-15(17)18-14/h3-8,10H,9H2,1-2H3. The summed E-state index contributed by atoms with van der Waals surface area (Å²) in [7, 11) is 0. The molecule has 0 saturated heterocycles. The van der Waals surface area contributed by atoms with Crippen LogP contribution in [-0.4, -0.2) is 4.98 Å². The van der Waals surface area contributed by atoms with Crippen molar-refractivity contribution in [2.45, 2.75) is 26.4 Å². The molecule has 0 unspecified atom stereocenters. The number of ether oxygens (including phenoxy) is 1. The summed E-state index contributed by atoms with van der Waals surface area (Å²) in [5, 5.41) is 0.975.